The Morgan fingerprint density at radius 3 is 2.62 bits per heavy atom. The molecular weight excluding hydrogens is 470 g/mol. The first-order valence-corrected chi connectivity index (χ1v) is 12.8. The number of benzene rings is 1. The van der Waals surface area contributed by atoms with Gasteiger partial charge >= 0.3 is 6.09 Å². The van der Waals surface area contributed by atoms with E-state index in [9.17, 15) is 13.2 Å². The molecule has 0 spiro atoms. The van der Waals surface area contributed by atoms with Crippen molar-refractivity contribution in [3.63, 3.8) is 0 Å². The zero-order valence-corrected chi connectivity index (χ0v) is 19.4. The van der Waals surface area contributed by atoms with Crippen LogP contribution in [0.3, 0.4) is 0 Å². The van der Waals surface area contributed by atoms with E-state index in [-0.39, 0.29) is 12.6 Å². The molecule has 0 atom stereocenters. The number of fused-ring (bicyclic) bond motifs is 1. The van der Waals surface area contributed by atoms with Crippen LogP contribution in [0.5, 0.6) is 0 Å². The van der Waals surface area contributed by atoms with Gasteiger partial charge in [0.05, 0.1) is 16.3 Å². The smallest absolute Gasteiger partial charge is 0.414 e. The molecule has 1 saturated heterocycles. The van der Waals surface area contributed by atoms with Crippen LogP contribution in [0.1, 0.15) is 18.4 Å². The van der Waals surface area contributed by atoms with Crippen molar-refractivity contribution in [1.29, 1.82) is 0 Å². The van der Waals surface area contributed by atoms with Gasteiger partial charge in [0.25, 0.3) is 10.0 Å². The highest BCUT2D eigenvalue weighted by atomic mass is 35.5. The molecule has 2 aliphatic rings. The van der Waals surface area contributed by atoms with Crippen molar-refractivity contribution in [3.05, 3.63) is 65.3 Å². The topological polar surface area (TPSA) is 79.8 Å². The summed E-state index contributed by atoms with van der Waals surface area (Å²) in [6, 6.07) is 14.3. The van der Waals surface area contributed by atoms with Crippen molar-refractivity contribution < 1.29 is 17.9 Å². The minimum Gasteiger partial charge on any atom is -0.444 e. The predicted octanol–water partition coefficient (Wildman–Crippen LogP) is 4.77. The highest BCUT2D eigenvalue weighted by molar-refractivity contribution is 7.91. The second-order valence-electron chi connectivity index (χ2n) is 7.63. The van der Waals surface area contributed by atoms with Gasteiger partial charge in [-0.05, 0) is 49.2 Å². The third-order valence-electron chi connectivity index (χ3n) is 5.77. The van der Waals surface area contributed by atoms with E-state index in [4.69, 9.17) is 16.3 Å². The number of rotatable bonds is 4. The summed E-state index contributed by atoms with van der Waals surface area (Å²) >= 11 is 7.50. The van der Waals surface area contributed by atoms with E-state index in [1.54, 1.807) is 29.3 Å². The number of aromatic nitrogens is 1. The molecule has 5 rings (SSSR count). The predicted molar refractivity (Wildman–Crippen MR) is 123 cm³/mol. The quantitative estimate of drug-likeness (QED) is 0.527. The average Bonchev–Trinajstić information content (AvgIpc) is 3.31. The summed E-state index contributed by atoms with van der Waals surface area (Å²) in [7, 11) is -3.62. The van der Waals surface area contributed by atoms with E-state index in [1.165, 1.54) is 15.6 Å². The second-order valence-corrected chi connectivity index (χ2v) is 11.3. The second kappa shape index (κ2) is 8.47. The minimum absolute atomic E-state index is 0.147. The first-order chi connectivity index (χ1) is 15.4. The maximum absolute atomic E-state index is 13.2. The molecule has 1 aromatic carbocycles. The van der Waals surface area contributed by atoms with Crippen LogP contribution < -0.4 is 4.90 Å². The molecule has 2 aromatic heterocycles. The van der Waals surface area contributed by atoms with Crippen LogP contribution in [0, 0.1) is 0 Å². The van der Waals surface area contributed by atoms with Crippen LogP contribution >= 0.6 is 22.9 Å². The summed E-state index contributed by atoms with van der Waals surface area (Å²) in [5.41, 5.74) is 2.27. The number of anilines is 1. The zero-order valence-electron chi connectivity index (χ0n) is 17.0. The number of cyclic esters (lactones) is 1. The van der Waals surface area contributed by atoms with Crippen molar-refractivity contribution in [1.82, 2.24) is 9.29 Å². The Balaban J connectivity index is 1.33. The molecule has 3 aromatic rings. The lowest BCUT2D eigenvalue weighted by molar-refractivity contribution is 0.136. The van der Waals surface area contributed by atoms with Gasteiger partial charge in [0, 0.05) is 35.9 Å². The van der Waals surface area contributed by atoms with Gasteiger partial charge in [-0.25, -0.2) is 13.2 Å². The van der Waals surface area contributed by atoms with Crippen molar-refractivity contribution >= 4 is 44.7 Å². The van der Waals surface area contributed by atoms with Crippen molar-refractivity contribution in [2.45, 2.75) is 29.7 Å². The lowest BCUT2D eigenvalue weighted by Gasteiger charge is -2.39. The van der Waals surface area contributed by atoms with Crippen LogP contribution in [0.2, 0.25) is 5.02 Å². The largest absolute Gasteiger partial charge is 0.444 e. The Morgan fingerprint density at radius 2 is 1.88 bits per heavy atom. The van der Waals surface area contributed by atoms with Crippen LogP contribution in [0.25, 0.3) is 10.6 Å². The standard InChI is InChI=1S/C22H20ClN3O4S2/c23-17-4-3-6-19-16(17)14-30-22(27)26(19)15-9-12-25(13-10-15)32(28,29)21-8-7-20(31-21)18-5-1-2-11-24-18/h1-8,11,15H,9-10,12-14H2. The van der Waals surface area contributed by atoms with E-state index >= 15 is 0 Å². The fourth-order valence-electron chi connectivity index (χ4n) is 4.14. The van der Waals surface area contributed by atoms with E-state index in [2.05, 4.69) is 4.98 Å². The summed E-state index contributed by atoms with van der Waals surface area (Å²) in [5, 5.41) is 0.557. The molecular formula is C22H20ClN3O4S2. The van der Waals surface area contributed by atoms with Gasteiger partial charge in [0.15, 0.2) is 0 Å². The summed E-state index contributed by atoms with van der Waals surface area (Å²) in [6.07, 6.45) is 2.29. The van der Waals surface area contributed by atoms with Crippen LogP contribution in [-0.4, -0.2) is 42.9 Å². The molecule has 2 aliphatic heterocycles. The van der Waals surface area contributed by atoms with Gasteiger partial charge < -0.3 is 4.74 Å². The Bertz CT molecular complexity index is 1260. The molecule has 0 radical (unpaired) electrons. The lowest BCUT2D eigenvalue weighted by atomic mass is 10.0. The number of thiophene rings is 1. The molecule has 0 aliphatic carbocycles. The molecule has 166 valence electrons. The Hall–Kier alpha value is -2.46. The summed E-state index contributed by atoms with van der Waals surface area (Å²) in [5.74, 6) is 0. The Morgan fingerprint density at radius 1 is 1.06 bits per heavy atom. The Kier molecular flexibility index (Phi) is 5.66. The van der Waals surface area contributed by atoms with Gasteiger partial charge in [-0.1, -0.05) is 23.7 Å². The zero-order chi connectivity index (χ0) is 22.3. The number of carbonyl (C=O) groups is 1. The molecule has 32 heavy (non-hydrogen) atoms. The molecule has 0 bridgehead atoms. The summed E-state index contributed by atoms with van der Waals surface area (Å²) in [6.45, 7) is 0.793. The van der Waals surface area contributed by atoms with E-state index in [1.807, 2.05) is 30.3 Å². The number of piperidine rings is 1. The number of hydrogen-bond acceptors (Lipinski definition) is 6. The molecule has 4 heterocycles. The van der Waals surface area contributed by atoms with E-state index in [0.29, 0.717) is 35.2 Å². The monoisotopic (exact) mass is 489 g/mol. The first-order valence-electron chi connectivity index (χ1n) is 10.2. The lowest BCUT2D eigenvalue weighted by Crippen LogP contribution is -2.50. The number of carbonyl (C=O) groups excluding carboxylic acids is 1. The maximum Gasteiger partial charge on any atom is 0.414 e. The van der Waals surface area contributed by atoms with E-state index in [0.717, 1.165) is 21.8 Å². The average molecular weight is 490 g/mol. The molecule has 1 amide bonds. The van der Waals surface area contributed by atoms with Crippen molar-refractivity contribution in [2.24, 2.45) is 0 Å². The molecule has 0 saturated carbocycles. The number of amides is 1. The van der Waals surface area contributed by atoms with Crippen molar-refractivity contribution in [2.75, 3.05) is 18.0 Å². The maximum atomic E-state index is 13.2. The third kappa shape index (κ3) is 3.79. The first kappa shape index (κ1) is 21.4. The van der Waals surface area contributed by atoms with E-state index < -0.39 is 16.1 Å². The van der Waals surface area contributed by atoms with Gasteiger partial charge in [-0.15, -0.1) is 11.3 Å². The number of halogens is 1. The third-order valence-corrected chi connectivity index (χ3v) is 9.60. The van der Waals surface area contributed by atoms with Crippen LogP contribution in [0.4, 0.5) is 10.5 Å². The summed E-state index contributed by atoms with van der Waals surface area (Å²) < 4.78 is 33.5. The number of sulfonamides is 1. The van der Waals surface area contributed by atoms with Crippen LogP contribution in [0.15, 0.2) is 58.9 Å². The van der Waals surface area contributed by atoms with Gasteiger partial charge in [0.1, 0.15) is 10.8 Å². The Labute approximate surface area is 195 Å². The highest BCUT2D eigenvalue weighted by Gasteiger charge is 2.38. The SMILES string of the molecule is O=C1OCc2c(Cl)cccc2N1C1CCN(S(=O)(=O)c2ccc(-c3ccccn3)s2)CC1. The molecule has 7 nitrogen and oxygen atoms in total. The number of pyridine rings is 1. The van der Waals surface area contributed by atoms with Crippen molar-refractivity contribution in [3.8, 4) is 10.6 Å². The fraction of sp³-hybridized carbons (Fsp3) is 0.273. The van der Waals surface area contributed by atoms with Gasteiger partial charge in [-0.3, -0.25) is 9.88 Å². The molecule has 0 unspecified atom stereocenters. The van der Waals surface area contributed by atoms with Crippen LogP contribution in [-0.2, 0) is 21.4 Å². The number of nitrogens with zero attached hydrogens (tertiary/aromatic N) is 3. The highest BCUT2D eigenvalue weighted by Crippen LogP contribution is 2.37. The minimum atomic E-state index is -3.62. The molecule has 0 N–H and O–H groups in total. The van der Waals surface area contributed by atoms with Gasteiger partial charge in [0.2, 0.25) is 0 Å². The summed E-state index contributed by atoms with van der Waals surface area (Å²) in [4.78, 5) is 19.3. The van der Waals surface area contributed by atoms with Gasteiger partial charge in [-0.2, -0.15) is 4.31 Å². The molecule has 10 heteroatoms. The number of hydrogen-bond donors (Lipinski definition) is 0. The normalized spacial score (nSPS) is 17.8. The fourth-order valence-corrected chi connectivity index (χ4v) is 7.27. The number of ether oxygens (including phenoxy) is 1. The molecule has 1 fully saturated rings.